The molecule has 0 heterocycles. The first-order valence-corrected chi connectivity index (χ1v) is 7.01. The second-order valence-corrected chi connectivity index (χ2v) is 5.76. The lowest BCUT2D eigenvalue weighted by Crippen LogP contribution is -2.42. The average Bonchev–Trinajstić information content (AvgIpc) is 3.11. The Morgan fingerprint density at radius 2 is 2.06 bits per heavy atom. The maximum absolute atomic E-state index is 11.7. The summed E-state index contributed by atoms with van der Waals surface area (Å²) >= 11 is 2.28. The van der Waals surface area contributed by atoms with Crippen molar-refractivity contribution in [1.29, 1.82) is 0 Å². The van der Waals surface area contributed by atoms with Gasteiger partial charge in [0, 0.05) is 16.2 Å². The van der Waals surface area contributed by atoms with Gasteiger partial charge in [0.1, 0.15) is 0 Å². The fraction of sp³-hybridized carbons (Fsp3) is 0.462. The molecule has 92 valence electrons. The molecule has 0 bridgehead atoms. The minimum Gasteiger partial charge on any atom is -0.352 e. The molecule has 2 N–H and O–H groups in total. The molecule has 1 aliphatic carbocycles. The molecule has 1 fully saturated rings. The fourth-order valence-corrected chi connectivity index (χ4v) is 1.88. The van der Waals surface area contributed by atoms with E-state index in [1.54, 1.807) is 0 Å². The predicted molar refractivity (Wildman–Crippen MR) is 76.6 cm³/mol. The van der Waals surface area contributed by atoms with Crippen LogP contribution in [-0.4, -0.2) is 18.0 Å². The summed E-state index contributed by atoms with van der Waals surface area (Å²) in [6, 6.07) is 8.62. The average molecular weight is 344 g/mol. The molecule has 1 unspecified atom stereocenters. The molecule has 0 spiro atoms. The van der Waals surface area contributed by atoms with Gasteiger partial charge in [-0.2, -0.15) is 0 Å². The van der Waals surface area contributed by atoms with Crippen LogP contribution in [0.25, 0.3) is 0 Å². The molecular formula is C13H17IN2O. The summed E-state index contributed by atoms with van der Waals surface area (Å²) in [5.41, 5.74) is 1.21. The third-order valence-corrected chi connectivity index (χ3v) is 3.56. The van der Waals surface area contributed by atoms with Crippen molar-refractivity contribution >= 4 is 28.5 Å². The molecule has 0 aliphatic heterocycles. The number of hydrogen-bond acceptors (Lipinski definition) is 2. The van der Waals surface area contributed by atoms with E-state index in [1.165, 1.54) is 9.13 Å². The summed E-state index contributed by atoms with van der Waals surface area (Å²) in [7, 11) is 0. The topological polar surface area (TPSA) is 41.1 Å². The van der Waals surface area contributed by atoms with E-state index in [9.17, 15) is 4.79 Å². The summed E-state index contributed by atoms with van der Waals surface area (Å²) in [6.07, 6.45) is 2.27. The lowest BCUT2D eigenvalue weighted by Gasteiger charge is -2.13. The third kappa shape index (κ3) is 4.27. The molecule has 4 heteroatoms. The summed E-state index contributed by atoms with van der Waals surface area (Å²) < 4.78 is 1.23. The zero-order chi connectivity index (χ0) is 12.3. The quantitative estimate of drug-likeness (QED) is 0.803. The minimum atomic E-state index is -0.130. The number of carbonyl (C=O) groups excluding carboxylic acids is 1. The maximum Gasteiger partial charge on any atom is 0.237 e. The number of amides is 1. The van der Waals surface area contributed by atoms with Crippen LogP contribution in [0.2, 0.25) is 0 Å². The van der Waals surface area contributed by atoms with Crippen LogP contribution < -0.4 is 10.6 Å². The Labute approximate surface area is 116 Å². The Balaban J connectivity index is 1.76. The van der Waals surface area contributed by atoms with Crippen LogP contribution >= 0.6 is 22.6 Å². The summed E-state index contributed by atoms with van der Waals surface area (Å²) in [5, 5.41) is 6.23. The van der Waals surface area contributed by atoms with E-state index >= 15 is 0 Å². The molecule has 2 rings (SSSR count). The Kier molecular flexibility index (Phi) is 4.39. The number of carbonyl (C=O) groups is 1. The summed E-state index contributed by atoms with van der Waals surface area (Å²) in [6.45, 7) is 2.64. The van der Waals surface area contributed by atoms with Crippen molar-refractivity contribution in [3.63, 3.8) is 0 Å². The van der Waals surface area contributed by atoms with Crippen LogP contribution in [0.15, 0.2) is 24.3 Å². The van der Waals surface area contributed by atoms with E-state index in [1.807, 2.05) is 6.92 Å². The first-order chi connectivity index (χ1) is 8.15. The Morgan fingerprint density at radius 1 is 1.41 bits per heavy atom. The highest BCUT2D eigenvalue weighted by molar-refractivity contribution is 14.1. The second-order valence-electron chi connectivity index (χ2n) is 4.51. The van der Waals surface area contributed by atoms with E-state index in [0.29, 0.717) is 6.04 Å². The Morgan fingerprint density at radius 3 is 2.65 bits per heavy atom. The molecule has 0 aromatic heterocycles. The van der Waals surface area contributed by atoms with Crippen molar-refractivity contribution in [2.45, 2.75) is 38.4 Å². The lowest BCUT2D eigenvalue weighted by molar-refractivity contribution is -0.122. The Bertz CT molecular complexity index is 387. The SMILES string of the molecule is CC(NCc1ccc(I)cc1)C(=O)NC1CC1. The molecule has 1 aromatic rings. The molecule has 17 heavy (non-hydrogen) atoms. The van der Waals surface area contributed by atoms with Gasteiger partial charge in [0.25, 0.3) is 0 Å². The third-order valence-electron chi connectivity index (χ3n) is 2.84. The van der Waals surface area contributed by atoms with Crippen molar-refractivity contribution in [2.75, 3.05) is 0 Å². The van der Waals surface area contributed by atoms with Crippen molar-refractivity contribution in [1.82, 2.24) is 10.6 Å². The summed E-state index contributed by atoms with van der Waals surface area (Å²) in [5.74, 6) is 0.109. The standard InChI is InChI=1S/C13H17IN2O/c1-9(13(17)16-12-6-7-12)15-8-10-2-4-11(14)5-3-10/h2-5,9,12,15H,6-8H2,1H3,(H,16,17). The number of halogens is 1. The van der Waals surface area contributed by atoms with E-state index in [-0.39, 0.29) is 11.9 Å². The molecule has 3 nitrogen and oxygen atoms in total. The zero-order valence-electron chi connectivity index (χ0n) is 9.87. The monoisotopic (exact) mass is 344 g/mol. The van der Waals surface area contributed by atoms with Gasteiger partial charge in [0.15, 0.2) is 0 Å². The molecule has 1 atom stereocenters. The molecule has 1 aromatic carbocycles. The first-order valence-electron chi connectivity index (χ1n) is 5.93. The number of rotatable bonds is 5. The van der Waals surface area contributed by atoms with Crippen LogP contribution in [0.3, 0.4) is 0 Å². The summed E-state index contributed by atoms with van der Waals surface area (Å²) in [4.78, 5) is 11.7. The van der Waals surface area contributed by atoms with Crippen LogP contribution in [0.5, 0.6) is 0 Å². The number of benzene rings is 1. The van der Waals surface area contributed by atoms with E-state index in [2.05, 4.69) is 57.5 Å². The lowest BCUT2D eigenvalue weighted by atomic mass is 10.2. The first kappa shape index (κ1) is 12.8. The van der Waals surface area contributed by atoms with E-state index < -0.39 is 0 Å². The largest absolute Gasteiger partial charge is 0.352 e. The maximum atomic E-state index is 11.7. The molecular weight excluding hydrogens is 327 g/mol. The fourth-order valence-electron chi connectivity index (χ4n) is 1.52. The van der Waals surface area contributed by atoms with Gasteiger partial charge in [-0.15, -0.1) is 0 Å². The molecule has 1 saturated carbocycles. The smallest absolute Gasteiger partial charge is 0.237 e. The normalized spacial score (nSPS) is 16.6. The van der Waals surface area contributed by atoms with Crippen LogP contribution in [0.1, 0.15) is 25.3 Å². The predicted octanol–water partition coefficient (Wildman–Crippen LogP) is 2.05. The van der Waals surface area contributed by atoms with Gasteiger partial charge in [-0.05, 0) is 60.1 Å². The van der Waals surface area contributed by atoms with Crippen LogP contribution in [-0.2, 0) is 11.3 Å². The van der Waals surface area contributed by atoms with E-state index in [4.69, 9.17) is 0 Å². The van der Waals surface area contributed by atoms with Gasteiger partial charge in [-0.1, -0.05) is 12.1 Å². The van der Waals surface area contributed by atoms with Gasteiger partial charge in [-0.25, -0.2) is 0 Å². The molecule has 1 amide bonds. The minimum absolute atomic E-state index is 0.109. The zero-order valence-corrected chi connectivity index (χ0v) is 12.0. The molecule has 1 aliphatic rings. The highest BCUT2D eigenvalue weighted by Gasteiger charge is 2.25. The van der Waals surface area contributed by atoms with Gasteiger partial charge >= 0.3 is 0 Å². The van der Waals surface area contributed by atoms with Crippen molar-refractivity contribution < 1.29 is 4.79 Å². The molecule has 0 radical (unpaired) electrons. The molecule has 0 saturated heterocycles. The van der Waals surface area contributed by atoms with Gasteiger partial charge in [0.2, 0.25) is 5.91 Å². The van der Waals surface area contributed by atoms with Crippen LogP contribution in [0, 0.1) is 3.57 Å². The highest BCUT2D eigenvalue weighted by atomic mass is 127. The van der Waals surface area contributed by atoms with Gasteiger partial charge in [0.05, 0.1) is 6.04 Å². The van der Waals surface area contributed by atoms with Crippen molar-refractivity contribution in [2.24, 2.45) is 0 Å². The van der Waals surface area contributed by atoms with Crippen LogP contribution in [0.4, 0.5) is 0 Å². The van der Waals surface area contributed by atoms with Crippen molar-refractivity contribution in [3.05, 3.63) is 33.4 Å². The number of nitrogens with one attached hydrogen (secondary N) is 2. The van der Waals surface area contributed by atoms with Gasteiger partial charge < -0.3 is 10.6 Å². The van der Waals surface area contributed by atoms with Crippen molar-refractivity contribution in [3.8, 4) is 0 Å². The second kappa shape index (κ2) is 5.82. The number of hydrogen-bond donors (Lipinski definition) is 2. The van der Waals surface area contributed by atoms with Gasteiger partial charge in [-0.3, -0.25) is 4.79 Å². The highest BCUT2D eigenvalue weighted by Crippen LogP contribution is 2.18. The Hall–Kier alpha value is -0.620. The van der Waals surface area contributed by atoms with E-state index in [0.717, 1.165) is 19.4 Å².